The number of hydrogen-bond donors (Lipinski definition) is 2. The Hall–Kier alpha value is -1.44. The van der Waals surface area contributed by atoms with E-state index in [1.807, 2.05) is 9.80 Å². The third-order valence-electron chi connectivity index (χ3n) is 5.63. The van der Waals surface area contributed by atoms with Gasteiger partial charge >= 0.3 is 12.0 Å². The van der Waals surface area contributed by atoms with E-state index < -0.39 is 11.5 Å². The molecular formula is C17H27N3O4S. The van der Waals surface area contributed by atoms with Gasteiger partial charge in [-0.05, 0) is 50.0 Å². The van der Waals surface area contributed by atoms with E-state index in [1.54, 1.807) is 11.8 Å². The van der Waals surface area contributed by atoms with Crippen molar-refractivity contribution >= 4 is 29.7 Å². The maximum Gasteiger partial charge on any atom is 0.329 e. The van der Waals surface area contributed by atoms with E-state index in [0.29, 0.717) is 38.8 Å². The lowest BCUT2D eigenvalue weighted by atomic mass is 9.89. The highest BCUT2D eigenvalue weighted by Gasteiger charge is 2.43. The number of carbonyl (C=O) groups is 3. The molecule has 0 aliphatic carbocycles. The van der Waals surface area contributed by atoms with Crippen molar-refractivity contribution in [1.82, 2.24) is 15.1 Å². The van der Waals surface area contributed by atoms with Gasteiger partial charge in [0.25, 0.3) is 0 Å². The molecule has 0 saturated carbocycles. The Balaban J connectivity index is 1.52. The summed E-state index contributed by atoms with van der Waals surface area (Å²) in [6.07, 6.45) is 4.31. The molecule has 3 rings (SSSR count). The first-order valence-electron chi connectivity index (χ1n) is 9.19. The number of carboxylic acids is 1. The minimum Gasteiger partial charge on any atom is -0.480 e. The Morgan fingerprint density at radius 2 is 1.52 bits per heavy atom. The van der Waals surface area contributed by atoms with Crippen LogP contribution in [-0.2, 0) is 9.59 Å². The minimum atomic E-state index is -1.11. The number of nitrogens with one attached hydrogen (secondary N) is 1. The first kappa shape index (κ1) is 18.4. The lowest BCUT2D eigenvalue weighted by molar-refractivity contribution is -0.149. The van der Waals surface area contributed by atoms with E-state index in [9.17, 15) is 19.5 Å². The van der Waals surface area contributed by atoms with Crippen LogP contribution in [0.15, 0.2) is 0 Å². The smallest absolute Gasteiger partial charge is 0.329 e. The maximum absolute atomic E-state index is 12.6. The summed E-state index contributed by atoms with van der Waals surface area (Å²) in [5.41, 5.74) is -1.11. The summed E-state index contributed by atoms with van der Waals surface area (Å²) in [7, 11) is 0. The maximum atomic E-state index is 12.6. The molecule has 0 atom stereocenters. The van der Waals surface area contributed by atoms with Crippen LogP contribution in [0, 0.1) is 5.92 Å². The number of thioether (sulfide) groups is 1. The summed E-state index contributed by atoms with van der Waals surface area (Å²) in [4.78, 5) is 40.4. The number of piperidine rings is 1. The molecule has 8 heteroatoms. The monoisotopic (exact) mass is 369 g/mol. The minimum absolute atomic E-state index is 0.0858. The lowest BCUT2D eigenvalue weighted by Gasteiger charge is -2.37. The Labute approximate surface area is 152 Å². The molecular weight excluding hydrogens is 342 g/mol. The van der Waals surface area contributed by atoms with Crippen molar-refractivity contribution in [3.63, 3.8) is 0 Å². The Morgan fingerprint density at radius 1 is 0.960 bits per heavy atom. The van der Waals surface area contributed by atoms with Gasteiger partial charge in [0.1, 0.15) is 5.54 Å². The van der Waals surface area contributed by atoms with E-state index in [4.69, 9.17) is 0 Å². The van der Waals surface area contributed by atoms with E-state index in [-0.39, 0.29) is 17.9 Å². The third kappa shape index (κ3) is 4.04. The highest BCUT2D eigenvalue weighted by molar-refractivity contribution is 7.99. The molecule has 0 radical (unpaired) electrons. The Bertz CT molecular complexity index is 522. The Morgan fingerprint density at radius 3 is 2.08 bits per heavy atom. The summed E-state index contributed by atoms with van der Waals surface area (Å²) in [6.45, 7) is 2.81. The van der Waals surface area contributed by atoms with Crippen LogP contribution in [0.3, 0.4) is 0 Å². The number of nitrogens with zero attached hydrogens (tertiary/aromatic N) is 2. The topological polar surface area (TPSA) is 90.0 Å². The van der Waals surface area contributed by atoms with Crippen molar-refractivity contribution in [3.8, 4) is 0 Å². The lowest BCUT2D eigenvalue weighted by Crippen LogP contribution is -2.58. The largest absolute Gasteiger partial charge is 0.480 e. The molecule has 3 amide bonds. The van der Waals surface area contributed by atoms with Crippen molar-refractivity contribution in [2.24, 2.45) is 5.92 Å². The van der Waals surface area contributed by atoms with Crippen molar-refractivity contribution in [1.29, 1.82) is 0 Å². The number of hydrogen-bond acceptors (Lipinski definition) is 4. The Kier molecular flexibility index (Phi) is 5.76. The molecule has 0 spiro atoms. The van der Waals surface area contributed by atoms with Crippen LogP contribution in [0.5, 0.6) is 0 Å². The van der Waals surface area contributed by atoms with Crippen LogP contribution in [-0.4, -0.2) is 76.0 Å². The van der Waals surface area contributed by atoms with Crippen LogP contribution in [0.2, 0.25) is 0 Å². The van der Waals surface area contributed by atoms with E-state index >= 15 is 0 Å². The van der Waals surface area contributed by atoms with Gasteiger partial charge in [-0.2, -0.15) is 11.8 Å². The van der Waals surface area contributed by atoms with Crippen LogP contribution in [0.25, 0.3) is 0 Å². The number of rotatable bonds is 3. The fraction of sp³-hybridized carbons (Fsp3) is 0.824. The normalized spacial score (nSPS) is 24.2. The zero-order chi connectivity index (χ0) is 17.9. The molecule has 140 valence electrons. The van der Waals surface area contributed by atoms with Gasteiger partial charge in [0.2, 0.25) is 5.91 Å². The van der Waals surface area contributed by atoms with E-state index in [2.05, 4.69) is 5.32 Å². The molecule has 0 aromatic heterocycles. The summed E-state index contributed by atoms with van der Waals surface area (Å²) >= 11 is 1.73. The molecule has 0 aromatic carbocycles. The van der Waals surface area contributed by atoms with Gasteiger partial charge in [-0.3, -0.25) is 4.79 Å². The second-order valence-electron chi connectivity index (χ2n) is 7.23. The number of amides is 3. The van der Waals surface area contributed by atoms with Crippen LogP contribution in [0.1, 0.15) is 38.5 Å². The molecule has 3 heterocycles. The molecule has 0 bridgehead atoms. The SMILES string of the molecule is O=C(NC1(C(=O)O)CCSCC1)C1CCN(C(=O)N2CCCC2)CC1. The number of likely N-dealkylation sites (tertiary alicyclic amines) is 2. The predicted octanol–water partition coefficient (Wildman–Crippen LogP) is 1.38. The fourth-order valence-corrected chi connectivity index (χ4v) is 5.08. The van der Waals surface area contributed by atoms with Gasteiger partial charge in [-0.1, -0.05) is 0 Å². The zero-order valence-corrected chi connectivity index (χ0v) is 15.4. The molecule has 2 N–H and O–H groups in total. The second-order valence-corrected chi connectivity index (χ2v) is 8.45. The molecule has 7 nitrogen and oxygen atoms in total. The second kappa shape index (κ2) is 7.85. The summed E-state index contributed by atoms with van der Waals surface area (Å²) in [5.74, 6) is 0.226. The summed E-state index contributed by atoms with van der Waals surface area (Å²) in [5, 5.41) is 12.4. The van der Waals surface area contributed by atoms with Gasteiger partial charge in [0.05, 0.1) is 0 Å². The predicted molar refractivity (Wildman–Crippen MR) is 95.6 cm³/mol. The van der Waals surface area contributed by atoms with Gasteiger partial charge in [0, 0.05) is 32.1 Å². The van der Waals surface area contributed by atoms with Crippen LogP contribution in [0.4, 0.5) is 4.79 Å². The van der Waals surface area contributed by atoms with E-state index in [0.717, 1.165) is 37.4 Å². The highest BCUT2D eigenvalue weighted by Crippen LogP contribution is 2.29. The number of carbonyl (C=O) groups excluding carboxylic acids is 2. The van der Waals surface area contributed by atoms with Gasteiger partial charge in [0.15, 0.2) is 0 Å². The molecule has 0 unspecified atom stereocenters. The average Bonchev–Trinajstić information content (AvgIpc) is 3.16. The fourth-order valence-electron chi connectivity index (χ4n) is 3.89. The molecule has 3 saturated heterocycles. The van der Waals surface area contributed by atoms with Crippen molar-refractivity contribution < 1.29 is 19.5 Å². The van der Waals surface area contributed by atoms with Gasteiger partial charge in [-0.25, -0.2) is 9.59 Å². The van der Waals surface area contributed by atoms with Crippen LogP contribution >= 0.6 is 11.8 Å². The molecule has 3 fully saturated rings. The quantitative estimate of drug-likeness (QED) is 0.784. The molecule has 25 heavy (non-hydrogen) atoms. The first-order chi connectivity index (χ1) is 12.0. The third-order valence-corrected chi connectivity index (χ3v) is 6.62. The van der Waals surface area contributed by atoms with Gasteiger partial charge < -0.3 is 20.2 Å². The van der Waals surface area contributed by atoms with Crippen molar-refractivity contribution in [2.45, 2.75) is 44.1 Å². The average molecular weight is 369 g/mol. The summed E-state index contributed by atoms with van der Waals surface area (Å²) < 4.78 is 0. The number of urea groups is 1. The number of carboxylic acid groups (broad SMARTS) is 1. The molecule has 3 aliphatic rings. The van der Waals surface area contributed by atoms with Crippen LogP contribution < -0.4 is 5.32 Å². The number of aliphatic carboxylic acids is 1. The van der Waals surface area contributed by atoms with Crippen molar-refractivity contribution in [2.75, 3.05) is 37.7 Å². The van der Waals surface area contributed by atoms with E-state index in [1.165, 1.54) is 0 Å². The standard InChI is InChI=1S/C17H27N3O4S/c21-14(18-17(15(22)23)5-11-25-12-6-17)13-3-9-20(10-4-13)16(24)19-7-1-2-8-19/h13H,1-12H2,(H,18,21)(H,22,23). The first-order valence-corrected chi connectivity index (χ1v) is 10.3. The van der Waals surface area contributed by atoms with Gasteiger partial charge in [-0.15, -0.1) is 0 Å². The molecule has 0 aromatic rings. The highest BCUT2D eigenvalue weighted by atomic mass is 32.2. The van der Waals surface area contributed by atoms with Crippen molar-refractivity contribution in [3.05, 3.63) is 0 Å². The zero-order valence-electron chi connectivity index (χ0n) is 14.5. The summed E-state index contributed by atoms with van der Waals surface area (Å²) in [6, 6.07) is 0.0858. The molecule has 3 aliphatic heterocycles.